The minimum atomic E-state index is -0.0907. The van der Waals surface area contributed by atoms with Crippen molar-refractivity contribution in [3.05, 3.63) is 30.3 Å². The van der Waals surface area contributed by atoms with Crippen molar-refractivity contribution in [2.24, 2.45) is 0 Å². The van der Waals surface area contributed by atoms with Gasteiger partial charge in [-0.15, -0.1) is 0 Å². The van der Waals surface area contributed by atoms with Crippen molar-refractivity contribution < 1.29 is 9.53 Å². The molecular weight excluding hydrogens is 238 g/mol. The average Bonchev–Trinajstić information content (AvgIpc) is 2.46. The first-order chi connectivity index (χ1) is 9.33. The molecule has 3 heteroatoms. The Morgan fingerprint density at radius 3 is 2.32 bits per heavy atom. The lowest BCUT2D eigenvalue weighted by Crippen LogP contribution is -2.01. The predicted molar refractivity (Wildman–Crippen MR) is 79.3 cm³/mol. The first-order valence-electron chi connectivity index (χ1n) is 7.18. The van der Waals surface area contributed by atoms with Crippen LogP contribution in [-0.2, 0) is 9.53 Å². The minimum absolute atomic E-state index is 0.0907. The van der Waals surface area contributed by atoms with Crippen molar-refractivity contribution in [2.45, 2.75) is 44.9 Å². The Bertz CT molecular complexity index is 338. The van der Waals surface area contributed by atoms with E-state index in [1.54, 1.807) is 0 Å². The lowest BCUT2D eigenvalue weighted by molar-refractivity contribution is -0.140. The van der Waals surface area contributed by atoms with E-state index in [1.165, 1.54) is 38.5 Å². The van der Waals surface area contributed by atoms with E-state index in [4.69, 9.17) is 0 Å². The van der Waals surface area contributed by atoms with Crippen LogP contribution < -0.4 is 5.32 Å². The fourth-order valence-electron chi connectivity index (χ4n) is 1.99. The first kappa shape index (κ1) is 15.5. The summed E-state index contributed by atoms with van der Waals surface area (Å²) in [7, 11) is 1.45. The zero-order valence-corrected chi connectivity index (χ0v) is 11.9. The maximum absolute atomic E-state index is 10.9. The molecule has 0 bridgehead atoms. The molecule has 1 aromatic carbocycles. The fraction of sp³-hybridized carbons (Fsp3) is 0.562. The van der Waals surface area contributed by atoms with Crippen LogP contribution in [0, 0.1) is 0 Å². The van der Waals surface area contributed by atoms with Crippen molar-refractivity contribution in [3.63, 3.8) is 0 Å². The second kappa shape index (κ2) is 10.4. The van der Waals surface area contributed by atoms with Gasteiger partial charge < -0.3 is 10.1 Å². The van der Waals surface area contributed by atoms with Gasteiger partial charge >= 0.3 is 5.97 Å². The zero-order valence-electron chi connectivity index (χ0n) is 11.9. The van der Waals surface area contributed by atoms with Crippen molar-refractivity contribution >= 4 is 11.7 Å². The molecule has 1 aromatic rings. The van der Waals surface area contributed by atoms with Gasteiger partial charge in [0.15, 0.2) is 0 Å². The van der Waals surface area contributed by atoms with Crippen molar-refractivity contribution in [3.8, 4) is 0 Å². The molecule has 0 aliphatic rings. The summed E-state index contributed by atoms with van der Waals surface area (Å²) in [6, 6.07) is 10.3. The molecule has 0 heterocycles. The molecule has 3 nitrogen and oxygen atoms in total. The van der Waals surface area contributed by atoms with E-state index in [0.717, 1.165) is 19.4 Å². The summed E-state index contributed by atoms with van der Waals surface area (Å²) >= 11 is 0. The van der Waals surface area contributed by atoms with Crippen molar-refractivity contribution in [1.82, 2.24) is 0 Å². The minimum Gasteiger partial charge on any atom is -0.469 e. The molecule has 0 aliphatic carbocycles. The number of nitrogens with one attached hydrogen (secondary N) is 1. The zero-order chi connectivity index (χ0) is 13.8. The molecule has 0 amide bonds. The molecular formula is C16H25NO2. The number of hydrogen-bond acceptors (Lipinski definition) is 3. The van der Waals surface area contributed by atoms with E-state index in [1.807, 2.05) is 18.2 Å². The van der Waals surface area contributed by atoms with Gasteiger partial charge in [0.2, 0.25) is 0 Å². The molecule has 0 spiro atoms. The van der Waals surface area contributed by atoms with Gasteiger partial charge in [-0.2, -0.15) is 0 Å². The van der Waals surface area contributed by atoms with Crippen LogP contribution in [0.15, 0.2) is 30.3 Å². The molecule has 0 aliphatic heterocycles. The van der Waals surface area contributed by atoms with Crippen LogP contribution >= 0.6 is 0 Å². The van der Waals surface area contributed by atoms with Crippen molar-refractivity contribution in [1.29, 1.82) is 0 Å². The molecule has 19 heavy (non-hydrogen) atoms. The highest BCUT2D eigenvalue weighted by Gasteiger charge is 1.98. The number of carbonyl (C=O) groups excluding carboxylic acids is 1. The number of hydrogen-bond donors (Lipinski definition) is 1. The second-order valence-electron chi connectivity index (χ2n) is 4.74. The van der Waals surface area contributed by atoms with Gasteiger partial charge in [-0.1, -0.05) is 43.9 Å². The summed E-state index contributed by atoms with van der Waals surface area (Å²) < 4.78 is 4.60. The highest BCUT2D eigenvalue weighted by atomic mass is 16.5. The molecule has 1 rings (SSSR count). The summed E-state index contributed by atoms with van der Waals surface area (Å²) in [4.78, 5) is 10.9. The number of benzene rings is 1. The Balaban J connectivity index is 1.85. The van der Waals surface area contributed by atoms with Crippen LogP contribution in [0.3, 0.4) is 0 Å². The normalized spacial score (nSPS) is 10.2. The third-order valence-electron chi connectivity index (χ3n) is 3.14. The molecule has 0 saturated heterocycles. The largest absolute Gasteiger partial charge is 0.469 e. The second-order valence-corrected chi connectivity index (χ2v) is 4.74. The van der Waals surface area contributed by atoms with Gasteiger partial charge in [-0.25, -0.2) is 0 Å². The van der Waals surface area contributed by atoms with Crippen LogP contribution in [0.2, 0.25) is 0 Å². The monoisotopic (exact) mass is 263 g/mol. The lowest BCUT2D eigenvalue weighted by Gasteiger charge is -2.05. The number of para-hydroxylation sites is 1. The highest BCUT2D eigenvalue weighted by molar-refractivity contribution is 5.68. The Morgan fingerprint density at radius 2 is 1.63 bits per heavy atom. The van der Waals surface area contributed by atoms with E-state index in [0.29, 0.717) is 6.42 Å². The third-order valence-corrected chi connectivity index (χ3v) is 3.14. The summed E-state index contributed by atoms with van der Waals surface area (Å²) in [5, 5.41) is 3.41. The first-order valence-corrected chi connectivity index (χ1v) is 7.18. The van der Waals surface area contributed by atoms with E-state index in [2.05, 4.69) is 22.2 Å². The summed E-state index contributed by atoms with van der Waals surface area (Å²) in [6.45, 7) is 1.03. The number of methoxy groups -OCH3 is 1. The molecule has 0 aromatic heterocycles. The Morgan fingerprint density at radius 1 is 1.00 bits per heavy atom. The Labute approximate surface area is 116 Å². The number of ether oxygens (including phenoxy) is 1. The number of carbonyl (C=O) groups is 1. The lowest BCUT2D eigenvalue weighted by atomic mass is 10.1. The summed E-state index contributed by atoms with van der Waals surface area (Å²) in [6.07, 6.45) is 7.55. The molecule has 0 fully saturated rings. The topological polar surface area (TPSA) is 38.3 Å². The molecule has 1 N–H and O–H groups in total. The van der Waals surface area contributed by atoms with Crippen LogP contribution in [0.25, 0.3) is 0 Å². The number of anilines is 1. The maximum atomic E-state index is 10.9. The van der Waals surface area contributed by atoms with Gasteiger partial charge in [-0.3, -0.25) is 4.79 Å². The van der Waals surface area contributed by atoms with Crippen LogP contribution in [0.1, 0.15) is 44.9 Å². The van der Waals surface area contributed by atoms with Crippen LogP contribution in [0.5, 0.6) is 0 Å². The van der Waals surface area contributed by atoms with Crippen LogP contribution in [0.4, 0.5) is 5.69 Å². The Hall–Kier alpha value is -1.51. The highest BCUT2D eigenvalue weighted by Crippen LogP contribution is 2.09. The summed E-state index contributed by atoms with van der Waals surface area (Å²) in [5.41, 5.74) is 1.19. The van der Waals surface area contributed by atoms with Gasteiger partial charge in [0.1, 0.15) is 0 Å². The third kappa shape index (κ3) is 8.25. The van der Waals surface area contributed by atoms with E-state index in [-0.39, 0.29) is 5.97 Å². The fourth-order valence-corrected chi connectivity index (χ4v) is 1.99. The molecule has 0 unspecified atom stereocenters. The maximum Gasteiger partial charge on any atom is 0.305 e. The summed E-state index contributed by atoms with van der Waals surface area (Å²) in [5.74, 6) is -0.0907. The number of rotatable bonds is 10. The Kier molecular flexibility index (Phi) is 8.52. The van der Waals surface area contributed by atoms with E-state index < -0.39 is 0 Å². The van der Waals surface area contributed by atoms with Crippen LogP contribution in [-0.4, -0.2) is 19.6 Å². The van der Waals surface area contributed by atoms with E-state index >= 15 is 0 Å². The SMILES string of the molecule is COC(=O)CCCCCCCCNc1ccccc1. The predicted octanol–water partition coefficient (Wildman–Crippen LogP) is 4.00. The van der Waals surface area contributed by atoms with E-state index in [9.17, 15) is 4.79 Å². The number of unbranched alkanes of at least 4 members (excludes halogenated alkanes) is 5. The molecule has 0 atom stereocenters. The smallest absolute Gasteiger partial charge is 0.305 e. The molecule has 0 radical (unpaired) electrons. The van der Waals surface area contributed by atoms with Gasteiger partial charge in [-0.05, 0) is 25.0 Å². The van der Waals surface area contributed by atoms with Crippen molar-refractivity contribution in [2.75, 3.05) is 19.0 Å². The van der Waals surface area contributed by atoms with Gasteiger partial charge in [0.25, 0.3) is 0 Å². The molecule has 106 valence electrons. The quantitative estimate of drug-likeness (QED) is 0.512. The number of esters is 1. The average molecular weight is 263 g/mol. The van der Waals surface area contributed by atoms with Gasteiger partial charge in [0.05, 0.1) is 7.11 Å². The standard InChI is InChI=1S/C16H25NO2/c1-19-16(18)13-9-4-2-3-5-10-14-17-15-11-7-6-8-12-15/h6-8,11-12,17H,2-5,9-10,13-14H2,1H3. The molecule has 0 saturated carbocycles. The van der Waals surface area contributed by atoms with Gasteiger partial charge in [0, 0.05) is 18.7 Å².